The lowest BCUT2D eigenvalue weighted by molar-refractivity contribution is 0.277. The normalized spacial score (nSPS) is 15.7. The molecule has 1 fully saturated rings. The minimum absolute atomic E-state index is 0.561. The summed E-state index contributed by atoms with van der Waals surface area (Å²) in [6, 6.07) is 14.8. The fraction of sp³-hybridized carbons (Fsp3) is 0.458. The molecule has 0 atom stereocenters. The average molecular weight is 420 g/mol. The van der Waals surface area contributed by atoms with Gasteiger partial charge in [-0.2, -0.15) is 0 Å². The van der Waals surface area contributed by atoms with E-state index in [1.807, 2.05) is 28.8 Å². The van der Waals surface area contributed by atoms with Crippen LogP contribution >= 0.6 is 0 Å². The summed E-state index contributed by atoms with van der Waals surface area (Å²) in [6.45, 7) is 7.59. The fourth-order valence-corrected chi connectivity index (χ4v) is 3.99. The van der Waals surface area contributed by atoms with Crippen molar-refractivity contribution in [3.05, 3.63) is 65.6 Å². The summed E-state index contributed by atoms with van der Waals surface area (Å²) < 4.78 is 1.99. The predicted octanol–water partition coefficient (Wildman–Crippen LogP) is 3.36. The smallest absolute Gasteiger partial charge is 0.191 e. The van der Waals surface area contributed by atoms with Gasteiger partial charge in [-0.15, -0.1) is 10.2 Å². The lowest BCUT2D eigenvalue weighted by Gasteiger charge is -2.19. The van der Waals surface area contributed by atoms with Gasteiger partial charge in [-0.1, -0.05) is 43.2 Å². The number of fused-ring (bicyclic) bond motifs is 1. The molecule has 4 rings (SSSR count). The van der Waals surface area contributed by atoms with Crippen molar-refractivity contribution < 1.29 is 0 Å². The van der Waals surface area contributed by atoms with Crippen LogP contribution in [0.1, 0.15) is 49.6 Å². The molecule has 2 N–H and O–H groups in total. The molecule has 31 heavy (non-hydrogen) atoms. The van der Waals surface area contributed by atoms with Gasteiger partial charge >= 0.3 is 0 Å². The third-order valence-corrected chi connectivity index (χ3v) is 5.69. The average Bonchev–Trinajstić information content (AvgIpc) is 3.04. The van der Waals surface area contributed by atoms with Crippen molar-refractivity contribution in [3.63, 3.8) is 0 Å². The molecule has 7 nitrogen and oxygen atoms in total. The Kier molecular flexibility index (Phi) is 7.50. The molecule has 0 amide bonds. The number of aliphatic imine (C=N–C) groups is 1. The minimum atomic E-state index is 0.561. The van der Waals surface area contributed by atoms with Gasteiger partial charge < -0.3 is 10.6 Å². The van der Waals surface area contributed by atoms with Crippen LogP contribution in [0.15, 0.2) is 53.7 Å². The van der Waals surface area contributed by atoms with Gasteiger partial charge in [0.05, 0.1) is 13.1 Å². The molecule has 0 radical (unpaired) electrons. The summed E-state index contributed by atoms with van der Waals surface area (Å²) in [7, 11) is 0. The van der Waals surface area contributed by atoms with Crippen LogP contribution in [0.5, 0.6) is 0 Å². The Morgan fingerprint density at radius 3 is 2.48 bits per heavy atom. The molecular formula is C24H33N7. The van der Waals surface area contributed by atoms with Gasteiger partial charge in [-0.05, 0) is 56.1 Å². The Balaban J connectivity index is 1.33. The second kappa shape index (κ2) is 10.9. The number of nitrogens with zero attached hydrogens (tertiary/aromatic N) is 5. The Hall–Kier alpha value is -2.93. The Morgan fingerprint density at radius 2 is 1.71 bits per heavy atom. The number of aromatic nitrogens is 3. The zero-order chi connectivity index (χ0) is 21.3. The van der Waals surface area contributed by atoms with Crippen molar-refractivity contribution in [2.75, 3.05) is 19.6 Å². The largest absolute Gasteiger partial charge is 0.357 e. The molecule has 1 aliphatic rings. The molecule has 0 aliphatic carbocycles. The highest BCUT2D eigenvalue weighted by atomic mass is 15.3. The molecule has 0 saturated carbocycles. The molecule has 7 heteroatoms. The lowest BCUT2D eigenvalue weighted by atomic mass is 10.1. The SMILES string of the molecule is CCNC(=NCc1ccc(CN2CCCCCC2)cc1)NCc1nnc2ccccn12. The van der Waals surface area contributed by atoms with E-state index in [-0.39, 0.29) is 0 Å². The molecule has 3 heterocycles. The second-order valence-electron chi connectivity index (χ2n) is 8.10. The highest BCUT2D eigenvalue weighted by Crippen LogP contribution is 2.14. The van der Waals surface area contributed by atoms with E-state index in [1.165, 1.54) is 49.9 Å². The van der Waals surface area contributed by atoms with Crippen molar-refractivity contribution in [3.8, 4) is 0 Å². The van der Waals surface area contributed by atoms with Crippen LogP contribution < -0.4 is 10.6 Å². The third-order valence-electron chi connectivity index (χ3n) is 5.69. The highest BCUT2D eigenvalue weighted by Gasteiger charge is 2.09. The van der Waals surface area contributed by atoms with Crippen molar-refractivity contribution in [2.24, 2.45) is 4.99 Å². The molecule has 2 aromatic heterocycles. The summed E-state index contributed by atoms with van der Waals surface area (Å²) >= 11 is 0. The molecule has 0 spiro atoms. The molecule has 0 bridgehead atoms. The van der Waals surface area contributed by atoms with E-state index < -0.39 is 0 Å². The summed E-state index contributed by atoms with van der Waals surface area (Å²) in [5, 5.41) is 15.1. The predicted molar refractivity (Wildman–Crippen MR) is 125 cm³/mol. The van der Waals surface area contributed by atoms with E-state index in [9.17, 15) is 0 Å². The van der Waals surface area contributed by atoms with Crippen molar-refractivity contribution in [1.29, 1.82) is 0 Å². The number of rotatable bonds is 7. The summed E-state index contributed by atoms with van der Waals surface area (Å²) in [5.74, 6) is 1.64. The fourth-order valence-electron chi connectivity index (χ4n) is 3.99. The van der Waals surface area contributed by atoms with Crippen LogP contribution in [0.25, 0.3) is 5.65 Å². The molecular weight excluding hydrogens is 386 g/mol. The van der Waals surface area contributed by atoms with E-state index in [0.29, 0.717) is 13.1 Å². The lowest BCUT2D eigenvalue weighted by Crippen LogP contribution is -2.37. The number of benzene rings is 1. The number of nitrogens with one attached hydrogen (secondary N) is 2. The topological polar surface area (TPSA) is 69.8 Å². The summed E-state index contributed by atoms with van der Waals surface area (Å²) in [5.41, 5.74) is 3.45. The number of hydrogen-bond donors (Lipinski definition) is 2. The third kappa shape index (κ3) is 6.04. The van der Waals surface area contributed by atoms with Gasteiger partial charge in [0.15, 0.2) is 17.4 Å². The van der Waals surface area contributed by atoms with E-state index in [1.54, 1.807) is 0 Å². The molecule has 1 saturated heterocycles. The first kappa shape index (κ1) is 21.3. The maximum atomic E-state index is 4.75. The van der Waals surface area contributed by atoms with Gasteiger partial charge in [0.1, 0.15) is 0 Å². The highest BCUT2D eigenvalue weighted by molar-refractivity contribution is 5.79. The van der Waals surface area contributed by atoms with E-state index in [2.05, 4.69) is 56.9 Å². The van der Waals surface area contributed by atoms with Crippen LogP contribution in [0, 0.1) is 0 Å². The van der Waals surface area contributed by atoms with Crippen molar-refractivity contribution >= 4 is 11.6 Å². The molecule has 1 aromatic carbocycles. The number of hydrogen-bond acceptors (Lipinski definition) is 4. The molecule has 3 aromatic rings. The zero-order valence-corrected chi connectivity index (χ0v) is 18.4. The van der Waals surface area contributed by atoms with Crippen LogP contribution in [-0.4, -0.2) is 45.1 Å². The maximum absolute atomic E-state index is 4.75. The Morgan fingerprint density at radius 1 is 0.935 bits per heavy atom. The Bertz CT molecular complexity index is 969. The molecule has 0 unspecified atom stereocenters. The van der Waals surface area contributed by atoms with E-state index in [4.69, 9.17) is 4.99 Å². The van der Waals surface area contributed by atoms with Gasteiger partial charge in [0, 0.05) is 19.3 Å². The first-order valence-electron chi connectivity index (χ1n) is 11.4. The maximum Gasteiger partial charge on any atom is 0.191 e. The van der Waals surface area contributed by atoms with Crippen LogP contribution in [0.2, 0.25) is 0 Å². The summed E-state index contributed by atoms with van der Waals surface area (Å²) in [4.78, 5) is 7.33. The molecule has 1 aliphatic heterocycles. The standard InChI is InChI=1S/C24H33N7/c1-2-25-24(27-18-23-29-28-22-9-5-8-16-31(22)23)26-17-20-10-12-21(13-11-20)19-30-14-6-3-4-7-15-30/h5,8-13,16H,2-4,6-7,14-15,17-19H2,1H3,(H2,25,26,27). The van der Waals surface area contributed by atoms with Gasteiger partial charge in [-0.25, -0.2) is 4.99 Å². The summed E-state index contributed by atoms with van der Waals surface area (Å²) in [6.07, 6.45) is 7.39. The van der Waals surface area contributed by atoms with Crippen LogP contribution in [0.3, 0.4) is 0 Å². The van der Waals surface area contributed by atoms with Crippen LogP contribution in [-0.2, 0) is 19.6 Å². The minimum Gasteiger partial charge on any atom is -0.357 e. The monoisotopic (exact) mass is 419 g/mol. The number of likely N-dealkylation sites (tertiary alicyclic amines) is 1. The van der Waals surface area contributed by atoms with Gasteiger partial charge in [-0.3, -0.25) is 9.30 Å². The second-order valence-corrected chi connectivity index (χ2v) is 8.10. The van der Waals surface area contributed by atoms with E-state index in [0.717, 1.165) is 30.5 Å². The number of guanidine groups is 1. The van der Waals surface area contributed by atoms with Crippen molar-refractivity contribution in [1.82, 2.24) is 30.1 Å². The van der Waals surface area contributed by atoms with Gasteiger partial charge in [0.25, 0.3) is 0 Å². The zero-order valence-electron chi connectivity index (χ0n) is 18.4. The van der Waals surface area contributed by atoms with Gasteiger partial charge in [0.2, 0.25) is 0 Å². The molecule has 164 valence electrons. The van der Waals surface area contributed by atoms with E-state index >= 15 is 0 Å². The van der Waals surface area contributed by atoms with Crippen molar-refractivity contribution in [2.45, 2.75) is 52.2 Å². The number of pyridine rings is 1. The Labute approximate surface area is 184 Å². The van der Waals surface area contributed by atoms with Crippen LogP contribution in [0.4, 0.5) is 0 Å². The first-order valence-corrected chi connectivity index (χ1v) is 11.4. The quantitative estimate of drug-likeness (QED) is 0.454. The first-order chi connectivity index (χ1) is 15.3.